The van der Waals surface area contributed by atoms with E-state index < -0.39 is 0 Å². The molecule has 0 aliphatic carbocycles. The molecule has 0 atom stereocenters. The number of rotatable bonds is 2. The monoisotopic (exact) mass is 158 g/mol. The number of aryl methyl sites for hydroxylation is 2. The van der Waals surface area contributed by atoms with Gasteiger partial charge >= 0.3 is 0 Å². The van der Waals surface area contributed by atoms with E-state index in [2.05, 4.69) is 39.1 Å². The molecule has 0 radical (unpaired) electrons. The third-order valence-corrected chi connectivity index (χ3v) is 1.99. The molecule has 62 valence electrons. The van der Waals surface area contributed by atoms with Gasteiger partial charge < -0.3 is 0 Å². The van der Waals surface area contributed by atoms with E-state index in [0.29, 0.717) is 0 Å². The average Bonchev–Trinajstić information content (AvgIpc) is 2.03. The highest BCUT2D eigenvalue weighted by atomic mass is 14.0. The summed E-state index contributed by atoms with van der Waals surface area (Å²) in [5.41, 5.74) is 4.89. The van der Waals surface area contributed by atoms with E-state index in [-0.39, 0.29) is 0 Å². The maximum absolute atomic E-state index is 3.78. The lowest BCUT2D eigenvalue weighted by atomic mass is 9.99. The zero-order valence-corrected chi connectivity index (χ0v) is 7.72. The Morgan fingerprint density at radius 1 is 1.08 bits per heavy atom. The van der Waals surface area contributed by atoms with Crippen LogP contribution in [0.15, 0.2) is 25.3 Å². The summed E-state index contributed by atoms with van der Waals surface area (Å²) in [6.07, 6.45) is 3.75. The number of hydrogen-bond donors (Lipinski definition) is 0. The van der Waals surface area contributed by atoms with Crippen LogP contribution >= 0.6 is 0 Å². The Hall–Kier alpha value is -1.30. The van der Waals surface area contributed by atoms with Gasteiger partial charge in [-0.2, -0.15) is 0 Å². The van der Waals surface area contributed by atoms with Crippen LogP contribution in [0.1, 0.15) is 22.3 Å². The van der Waals surface area contributed by atoms with Crippen molar-refractivity contribution in [3.05, 3.63) is 47.5 Å². The molecule has 1 rings (SSSR count). The molecule has 1 aromatic carbocycles. The Kier molecular flexibility index (Phi) is 2.49. The van der Waals surface area contributed by atoms with Gasteiger partial charge in [0, 0.05) is 0 Å². The van der Waals surface area contributed by atoms with Crippen LogP contribution in [-0.4, -0.2) is 0 Å². The van der Waals surface area contributed by atoms with Crippen molar-refractivity contribution in [1.29, 1.82) is 0 Å². The Bertz CT molecular complexity index is 319. The quantitative estimate of drug-likeness (QED) is 0.617. The van der Waals surface area contributed by atoms with Crippen molar-refractivity contribution in [3.8, 4) is 0 Å². The van der Waals surface area contributed by atoms with Crippen molar-refractivity contribution in [2.24, 2.45) is 0 Å². The highest BCUT2D eigenvalue weighted by molar-refractivity contribution is 5.66. The molecule has 0 heterocycles. The first-order valence-corrected chi connectivity index (χ1v) is 4.05. The van der Waals surface area contributed by atoms with Gasteiger partial charge in [0.1, 0.15) is 0 Å². The minimum atomic E-state index is 1.17. The summed E-state index contributed by atoms with van der Waals surface area (Å²) in [4.78, 5) is 0. The van der Waals surface area contributed by atoms with Gasteiger partial charge in [0.05, 0.1) is 0 Å². The van der Waals surface area contributed by atoms with Crippen molar-refractivity contribution in [3.63, 3.8) is 0 Å². The van der Waals surface area contributed by atoms with Gasteiger partial charge in [-0.15, -0.1) is 0 Å². The van der Waals surface area contributed by atoms with Crippen molar-refractivity contribution in [2.45, 2.75) is 13.8 Å². The molecule has 0 aliphatic heterocycles. The van der Waals surface area contributed by atoms with Crippen LogP contribution < -0.4 is 0 Å². The smallest absolute Gasteiger partial charge is 0.0161 e. The molecule has 0 saturated carbocycles. The minimum Gasteiger partial charge on any atom is -0.0984 e. The van der Waals surface area contributed by atoms with Crippen LogP contribution in [-0.2, 0) is 0 Å². The second-order valence-electron chi connectivity index (χ2n) is 2.99. The lowest BCUT2D eigenvalue weighted by molar-refractivity contribution is 1.36. The molecule has 0 aliphatic rings. The van der Waals surface area contributed by atoms with E-state index in [4.69, 9.17) is 0 Å². The van der Waals surface area contributed by atoms with Crippen LogP contribution in [0.5, 0.6) is 0 Å². The summed E-state index contributed by atoms with van der Waals surface area (Å²) < 4.78 is 0. The van der Waals surface area contributed by atoms with E-state index in [1.54, 1.807) is 0 Å². The molecule has 0 aromatic heterocycles. The first kappa shape index (κ1) is 8.79. The van der Waals surface area contributed by atoms with E-state index in [9.17, 15) is 0 Å². The van der Waals surface area contributed by atoms with Crippen LogP contribution in [0.2, 0.25) is 0 Å². The molecule has 1 aromatic rings. The van der Waals surface area contributed by atoms with Crippen molar-refractivity contribution in [1.82, 2.24) is 0 Å². The molecule has 0 fully saturated rings. The summed E-state index contributed by atoms with van der Waals surface area (Å²) >= 11 is 0. The minimum absolute atomic E-state index is 1.17. The Morgan fingerprint density at radius 2 is 1.75 bits per heavy atom. The van der Waals surface area contributed by atoms with E-state index in [1.807, 2.05) is 12.2 Å². The molecule has 0 bridgehead atoms. The Balaban J connectivity index is 3.43. The van der Waals surface area contributed by atoms with Gasteiger partial charge in [-0.25, -0.2) is 0 Å². The molecule has 0 nitrogen and oxygen atoms in total. The standard InChI is InChI=1S/C12H14/c1-5-11-8-9(3)7-10(4)12(11)6-2/h5-8H,1-2H2,3-4H3. The predicted octanol–water partition coefficient (Wildman–Crippen LogP) is 3.59. The van der Waals surface area contributed by atoms with E-state index >= 15 is 0 Å². The van der Waals surface area contributed by atoms with E-state index in [1.165, 1.54) is 22.3 Å². The zero-order chi connectivity index (χ0) is 9.14. The zero-order valence-electron chi connectivity index (χ0n) is 7.72. The summed E-state index contributed by atoms with van der Waals surface area (Å²) in [7, 11) is 0. The molecule has 0 amide bonds. The molecule has 0 unspecified atom stereocenters. The highest BCUT2D eigenvalue weighted by Gasteiger charge is 1.99. The molecular weight excluding hydrogens is 144 g/mol. The molecule has 0 heteroatoms. The fraction of sp³-hybridized carbons (Fsp3) is 0.167. The lowest BCUT2D eigenvalue weighted by Crippen LogP contribution is -1.87. The second-order valence-corrected chi connectivity index (χ2v) is 2.99. The SMILES string of the molecule is C=Cc1cc(C)cc(C)c1C=C. The van der Waals surface area contributed by atoms with Crippen molar-refractivity contribution < 1.29 is 0 Å². The van der Waals surface area contributed by atoms with Crippen molar-refractivity contribution >= 4 is 12.2 Å². The lowest BCUT2D eigenvalue weighted by Gasteiger charge is -2.06. The fourth-order valence-corrected chi connectivity index (χ4v) is 1.46. The third-order valence-electron chi connectivity index (χ3n) is 1.99. The number of benzene rings is 1. The van der Waals surface area contributed by atoms with Crippen LogP contribution in [0.25, 0.3) is 12.2 Å². The second kappa shape index (κ2) is 3.40. The summed E-state index contributed by atoms with van der Waals surface area (Å²) in [5, 5.41) is 0. The van der Waals surface area contributed by atoms with Crippen LogP contribution in [0, 0.1) is 13.8 Å². The maximum atomic E-state index is 3.78. The first-order valence-electron chi connectivity index (χ1n) is 4.05. The third kappa shape index (κ3) is 1.48. The van der Waals surface area contributed by atoms with E-state index in [0.717, 1.165) is 0 Å². The van der Waals surface area contributed by atoms with Crippen LogP contribution in [0.4, 0.5) is 0 Å². The Labute approximate surface area is 74.2 Å². The summed E-state index contributed by atoms with van der Waals surface area (Å²) in [5.74, 6) is 0. The topological polar surface area (TPSA) is 0 Å². The fourth-order valence-electron chi connectivity index (χ4n) is 1.46. The number of hydrogen-bond acceptors (Lipinski definition) is 0. The van der Waals surface area contributed by atoms with Gasteiger partial charge in [0.2, 0.25) is 0 Å². The molecule has 12 heavy (non-hydrogen) atoms. The molecular formula is C12H14. The van der Waals surface area contributed by atoms with Gasteiger partial charge in [0.15, 0.2) is 0 Å². The van der Waals surface area contributed by atoms with Gasteiger partial charge in [-0.1, -0.05) is 43.0 Å². The van der Waals surface area contributed by atoms with Crippen LogP contribution in [0.3, 0.4) is 0 Å². The van der Waals surface area contributed by atoms with Gasteiger partial charge in [-0.3, -0.25) is 0 Å². The molecule has 0 saturated heterocycles. The first-order chi connectivity index (χ1) is 5.69. The predicted molar refractivity (Wildman–Crippen MR) is 56.1 cm³/mol. The highest BCUT2D eigenvalue weighted by Crippen LogP contribution is 2.18. The average molecular weight is 158 g/mol. The maximum Gasteiger partial charge on any atom is -0.0161 e. The van der Waals surface area contributed by atoms with Crippen molar-refractivity contribution in [2.75, 3.05) is 0 Å². The largest absolute Gasteiger partial charge is 0.0984 e. The normalized spacial score (nSPS) is 9.50. The Morgan fingerprint density at radius 3 is 2.25 bits per heavy atom. The molecule has 0 spiro atoms. The summed E-state index contributed by atoms with van der Waals surface area (Å²) in [6, 6.07) is 4.28. The molecule has 0 N–H and O–H groups in total. The van der Waals surface area contributed by atoms with Gasteiger partial charge in [0.25, 0.3) is 0 Å². The summed E-state index contributed by atoms with van der Waals surface area (Å²) in [6.45, 7) is 11.7. The van der Waals surface area contributed by atoms with Gasteiger partial charge in [-0.05, 0) is 30.5 Å².